The van der Waals surface area contributed by atoms with Crippen LogP contribution in [0, 0.1) is 0 Å². The Hall–Kier alpha value is -2.08. The second-order valence-electron chi connectivity index (χ2n) is 6.53. The van der Waals surface area contributed by atoms with E-state index >= 15 is 0 Å². The highest BCUT2D eigenvalue weighted by atomic mass is 35.5. The number of hydrogen-bond donors (Lipinski definition) is 0. The zero-order chi connectivity index (χ0) is 17.4. The highest BCUT2D eigenvalue weighted by Gasteiger charge is 2.34. The molecule has 0 N–H and O–H groups in total. The van der Waals surface area contributed by atoms with Crippen molar-refractivity contribution in [3.8, 4) is 0 Å². The Morgan fingerprint density at radius 1 is 1.20 bits per heavy atom. The number of anilines is 1. The van der Waals surface area contributed by atoms with Gasteiger partial charge in [-0.25, -0.2) is 0 Å². The summed E-state index contributed by atoms with van der Waals surface area (Å²) in [7, 11) is 2.12. The van der Waals surface area contributed by atoms with Gasteiger partial charge in [0, 0.05) is 36.8 Å². The molecule has 0 bridgehead atoms. The van der Waals surface area contributed by atoms with Gasteiger partial charge in [-0.1, -0.05) is 17.7 Å². The van der Waals surface area contributed by atoms with Gasteiger partial charge in [-0.15, -0.1) is 0 Å². The minimum atomic E-state index is -0.00686. The summed E-state index contributed by atoms with van der Waals surface area (Å²) in [6.45, 7) is 4.51. The summed E-state index contributed by atoms with van der Waals surface area (Å²) in [6, 6.07) is 9.26. The minimum absolute atomic E-state index is 0.00686. The number of likely N-dealkylation sites (N-methyl/N-ethyl adjacent to an activating group) is 1. The average molecular weight is 358 g/mol. The summed E-state index contributed by atoms with van der Waals surface area (Å²) in [5.74, 6) is 0.665. The van der Waals surface area contributed by atoms with Crippen molar-refractivity contribution in [1.82, 2.24) is 9.80 Å². The zero-order valence-corrected chi connectivity index (χ0v) is 14.9. The third-order valence-electron chi connectivity index (χ3n) is 4.78. The Morgan fingerprint density at radius 3 is 2.72 bits per heavy atom. The van der Waals surface area contributed by atoms with Crippen molar-refractivity contribution in [3.05, 3.63) is 52.9 Å². The molecule has 3 heterocycles. The fourth-order valence-corrected chi connectivity index (χ4v) is 3.48. The molecule has 0 spiro atoms. The van der Waals surface area contributed by atoms with Crippen LogP contribution in [0.15, 0.2) is 41.0 Å². The van der Waals surface area contributed by atoms with Crippen LogP contribution >= 0.6 is 11.6 Å². The number of fused-ring (bicyclic) bond motifs is 1. The van der Waals surface area contributed by atoms with Gasteiger partial charge in [0.05, 0.1) is 24.2 Å². The number of carbonyl (C=O) groups excluding carboxylic acids is 1. The summed E-state index contributed by atoms with van der Waals surface area (Å²) < 4.78 is 5.39. The number of amides is 1. The fourth-order valence-electron chi connectivity index (χ4n) is 3.31. The molecule has 4 rings (SSSR count). The lowest BCUT2D eigenvalue weighted by Gasteiger charge is -2.34. The van der Waals surface area contributed by atoms with Crippen molar-refractivity contribution >= 4 is 34.8 Å². The monoisotopic (exact) mass is 357 g/mol. The molecule has 0 unspecified atom stereocenters. The first-order valence-electron chi connectivity index (χ1n) is 8.40. The third kappa shape index (κ3) is 3.23. The van der Waals surface area contributed by atoms with Gasteiger partial charge in [-0.05, 0) is 37.4 Å². The molecule has 2 aromatic rings. The van der Waals surface area contributed by atoms with Gasteiger partial charge in [0.25, 0.3) is 5.91 Å². The Labute approximate surface area is 152 Å². The van der Waals surface area contributed by atoms with Crippen molar-refractivity contribution in [2.45, 2.75) is 0 Å². The lowest BCUT2D eigenvalue weighted by Crippen LogP contribution is -2.49. The van der Waals surface area contributed by atoms with E-state index < -0.39 is 0 Å². The lowest BCUT2D eigenvalue weighted by atomic mass is 10.1. The van der Waals surface area contributed by atoms with E-state index in [1.807, 2.05) is 35.2 Å². The number of benzene rings is 1. The first-order chi connectivity index (χ1) is 12.1. The maximum atomic E-state index is 13.1. The van der Waals surface area contributed by atoms with E-state index in [0.29, 0.717) is 23.0 Å². The van der Waals surface area contributed by atoms with Crippen LogP contribution < -0.4 is 4.90 Å². The molecule has 1 aromatic heterocycles. The van der Waals surface area contributed by atoms with E-state index in [-0.39, 0.29) is 5.91 Å². The lowest BCUT2D eigenvalue weighted by molar-refractivity contribution is -0.113. The van der Waals surface area contributed by atoms with Crippen LogP contribution in [0.1, 0.15) is 11.3 Å². The molecule has 25 heavy (non-hydrogen) atoms. The molecule has 0 saturated carbocycles. The molecule has 2 aliphatic heterocycles. The fraction of sp³-hybridized carbons (Fsp3) is 0.316. The van der Waals surface area contributed by atoms with Crippen LogP contribution in [-0.2, 0) is 4.79 Å². The number of carbonyl (C=O) groups is 1. The topological polar surface area (TPSA) is 39.9 Å². The number of hydrogen-bond acceptors (Lipinski definition) is 4. The van der Waals surface area contributed by atoms with Crippen LogP contribution in [0.3, 0.4) is 0 Å². The van der Waals surface area contributed by atoms with E-state index in [0.717, 1.165) is 37.4 Å². The van der Waals surface area contributed by atoms with E-state index in [2.05, 4.69) is 16.8 Å². The van der Waals surface area contributed by atoms with Gasteiger partial charge in [-0.2, -0.15) is 0 Å². The van der Waals surface area contributed by atoms with Crippen molar-refractivity contribution in [3.63, 3.8) is 0 Å². The number of halogens is 1. The van der Waals surface area contributed by atoms with Crippen molar-refractivity contribution in [1.29, 1.82) is 0 Å². The number of piperazine rings is 1. The Balaban J connectivity index is 1.66. The van der Waals surface area contributed by atoms with E-state index in [1.165, 1.54) is 0 Å². The van der Waals surface area contributed by atoms with Crippen molar-refractivity contribution < 1.29 is 9.21 Å². The van der Waals surface area contributed by atoms with E-state index in [9.17, 15) is 4.79 Å². The molecule has 0 atom stereocenters. The molecule has 0 radical (unpaired) electrons. The summed E-state index contributed by atoms with van der Waals surface area (Å²) in [5, 5.41) is 0.633. The predicted molar refractivity (Wildman–Crippen MR) is 99.5 cm³/mol. The van der Waals surface area contributed by atoms with Gasteiger partial charge >= 0.3 is 0 Å². The second kappa shape index (κ2) is 6.67. The Bertz CT molecular complexity index is 808. The molecular formula is C19H20ClN3O2. The third-order valence-corrected chi connectivity index (χ3v) is 5.02. The number of furan rings is 1. The van der Waals surface area contributed by atoms with Gasteiger partial charge < -0.3 is 9.32 Å². The maximum Gasteiger partial charge on any atom is 0.260 e. The van der Waals surface area contributed by atoms with E-state index in [1.54, 1.807) is 12.3 Å². The van der Waals surface area contributed by atoms with Crippen LogP contribution in [0.4, 0.5) is 5.69 Å². The minimum Gasteiger partial charge on any atom is -0.465 e. The smallest absolute Gasteiger partial charge is 0.260 e. The molecule has 5 nitrogen and oxygen atoms in total. The Kier molecular flexibility index (Phi) is 4.37. The molecular weight excluding hydrogens is 338 g/mol. The molecule has 1 saturated heterocycles. The molecule has 130 valence electrons. The zero-order valence-electron chi connectivity index (χ0n) is 14.1. The summed E-state index contributed by atoms with van der Waals surface area (Å²) in [5.41, 5.74) is 2.42. The quantitative estimate of drug-likeness (QED) is 0.792. The molecule has 0 aliphatic carbocycles. The molecule has 1 fully saturated rings. The van der Waals surface area contributed by atoms with Crippen LogP contribution in [0.5, 0.6) is 0 Å². The molecule has 6 heteroatoms. The van der Waals surface area contributed by atoms with E-state index in [4.69, 9.17) is 16.0 Å². The molecule has 2 aliphatic rings. The number of rotatable bonds is 3. The van der Waals surface area contributed by atoms with Crippen LogP contribution in [-0.4, -0.2) is 55.6 Å². The first kappa shape index (κ1) is 16.4. The predicted octanol–water partition coefficient (Wildman–Crippen LogP) is 3.03. The maximum absolute atomic E-state index is 13.1. The first-order valence-corrected chi connectivity index (χ1v) is 8.77. The van der Waals surface area contributed by atoms with Gasteiger partial charge in [-0.3, -0.25) is 14.6 Å². The van der Waals surface area contributed by atoms with Gasteiger partial charge in [0.1, 0.15) is 5.76 Å². The van der Waals surface area contributed by atoms with Gasteiger partial charge in [0.2, 0.25) is 0 Å². The standard InChI is InChI=1S/C19H20ClN3O2/c1-21-6-8-22(9-7-21)13-23-18-11-14(20)4-5-16(18)17(19(23)24)12-15-3-2-10-25-15/h2-5,10-12H,6-9,13H2,1H3. The Morgan fingerprint density at radius 2 is 2.00 bits per heavy atom. The van der Waals surface area contributed by atoms with Crippen molar-refractivity contribution in [2.75, 3.05) is 44.8 Å². The normalized spacial score (nSPS) is 20.5. The second-order valence-corrected chi connectivity index (χ2v) is 6.97. The molecule has 1 amide bonds. The van der Waals surface area contributed by atoms with Gasteiger partial charge in [0.15, 0.2) is 0 Å². The highest BCUT2D eigenvalue weighted by Crippen LogP contribution is 2.39. The van der Waals surface area contributed by atoms with Crippen LogP contribution in [0.25, 0.3) is 11.6 Å². The van der Waals surface area contributed by atoms with Crippen molar-refractivity contribution in [2.24, 2.45) is 0 Å². The molecule has 1 aromatic carbocycles. The summed E-state index contributed by atoms with van der Waals surface area (Å²) in [6.07, 6.45) is 3.41. The SMILES string of the molecule is CN1CCN(CN2C(=O)C(=Cc3ccco3)c3ccc(Cl)cc32)CC1. The van der Waals surface area contributed by atoms with Crippen LogP contribution in [0.2, 0.25) is 5.02 Å². The average Bonchev–Trinajstić information content (AvgIpc) is 3.19. The highest BCUT2D eigenvalue weighted by molar-refractivity contribution is 6.37. The summed E-state index contributed by atoms with van der Waals surface area (Å²) in [4.78, 5) is 19.5. The number of nitrogens with zero attached hydrogens (tertiary/aromatic N) is 3. The largest absolute Gasteiger partial charge is 0.465 e. The summed E-state index contributed by atoms with van der Waals surface area (Å²) >= 11 is 6.19.